The molecule has 4 rings (SSSR count). The lowest BCUT2D eigenvalue weighted by Gasteiger charge is -2.12. The van der Waals surface area contributed by atoms with E-state index < -0.39 is 0 Å². The Bertz CT molecular complexity index is 1380. The number of rotatable bonds is 7. The zero-order valence-corrected chi connectivity index (χ0v) is 24.1. The van der Waals surface area contributed by atoms with Crippen LogP contribution in [-0.2, 0) is 0 Å². The minimum Gasteiger partial charge on any atom is -0.378 e. The van der Waals surface area contributed by atoms with Gasteiger partial charge in [0.1, 0.15) is 11.4 Å². The average molecular weight is 586 g/mol. The largest absolute Gasteiger partial charge is 0.378 e. The van der Waals surface area contributed by atoms with Crippen LogP contribution in [0.25, 0.3) is 11.1 Å². The van der Waals surface area contributed by atoms with Crippen molar-refractivity contribution in [2.45, 2.75) is 0 Å². The fourth-order valence-electron chi connectivity index (χ4n) is 3.50. The van der Waals surface area contributed by atoms with Crippen LogP contribution in [0.3, 0.4) is 0 Å². The fourth-order valence-corrected chi connectivity index (χ4v) is 4.42. The molecule has 0 bridgehead atoms. The van der Waals surface area contributed by atoms with Gasteiger partial charge < -0.3 is 9.80 Å². The van der Waals surface area contributed by atoms with Gasteiger partial charge in [0.2, 0.25) is 0 Å². The van der Waals surface area contributed by atoms with Gasteiger partial charge in [-0.2, -0.15) is 10.2 Å². The maximum atomic E-state index is 6.60. The standard InChI is InChI=1S/C28H24Cl4N6/c1-37(2)19-9-5-17(6-10-19)33-35-27-15-23(29)21(13-25(27)31)22-14-26(32)28(16-24(22)30)36-34-18-7-11-20(12-8-18)38(3)4/h5-16H,1-4H3. The van der Waals surface area contributed by atoms with Gasteiger partial charge in [-0.3, -0.25) is 0 Å². The Morgan fingerprint density at radius 2 is 0.789 bits per heavy atom. The van der Waals surface area contributed by atoms with Crippen LogP contribution in [0.15, 0.2) is 93.3 Å². The minimum atomic E-state index is 0.371. The van der Waals surface area contributed by atoms with E-state index in [4.69, 9.17) is 46.4 Å². The maximum Gasteiger partial charge on any atom is 0.106 e. The second kappa shape index (κ2) is 12.1. The highest BCUT2D eigenvalue weighted by Gasteiger charge is 2.15. The van der Waals surface area contributed by atoms with E-state index in [0.29, 0.717) is 54.0 Å². The van der Waals surface area contributed by atoms with Crippen LogP contribution in [0.4, 0.5) is 34.1 Å². The van der Waals surface area contributed by atoms with Gasteiger partial charge in [0.15, 0.2) is 0 Å². The fraction of sp³-hybridized carbons (Fsp3) is 0.143. The van der Waals surface area contributed by atoms with Gasteiger partial charge in [0.25, 0.3) is 0 Å². The smallest absolute Gasteiger partial charge is 0.106 e. The predicted octanol–water partition coefficient (Wildman–Crippen LogP) is 10.9. The third-order valence-electron chi connectivity index (χ3n) is 5.64. The highest BCUT2D eigenvalue weighted by atomic mass is 35.5. The quantitative estimate of drug-likeness (QED) is 0.202. The SMILES string of the molecule is CN(C)c1ccc(N=Nc2cc(Cl)c(-c3cc(Cl)c(N=Nc4ccc(N(C)C)cc4)cc3Cl)cc2Cl)cc1. The normalized spacial score (nSPS) is 11.5. The maximum absolute atomic E-state index is 6.60. The molecule has 194 valence electrons. The molecule has 0 unspecified atom stereocenters. The first-order valence-electron chi connectivity index (χ1n) is 11.5. The first-order chi connectivity index (χ1) is 18.1. The molecule has 10 heteroatoms. The summed E-state index contributed by atoms with van der Waals surface area (Å²) < 4.78 is 0. The number of hydrogen-bond acceptors (Lipinski definition) is 6. The van der Waals surface area contributed by atoms with E-state index in [1.165, 1.54) is 0 Å². The van der Waals surface area contributed by atoms with E-state index in [0.717, 1.165) is 11.4 Å². The van der Waals surface area contributed by atoms with Crippen molar-refractivity contribution in [3.63, 3.8) is 0 Å². The van der Waals surface area contributed by atoms with Crippen molar-refractivity contribution in [2.24, 2.45) is 20.5 Å². The summed E-state index contributed by atoms with van der Waals surface area (Å²) in [6.45, 7) is 0. The van der Waals surface area contributed by atoms with Crippen LogP contribution in [0, 0.1) is 0 Å². The zero-order valence-electron chi connectivity index (χ0n) is 21.1. The number of azo groups is 2. The highest BCUT2D eigenvalue weighted by Crippen LogP contribution is 2.43. The summed E-state index contributed by atoms with van der Waals surface area (Å²) in [5.74, 6) is 0. The van der Waals surface area contributed by atoms with Crippen molar-refractivity contribution in [3.05, 3.63) is 92.9 Å². The molecular weight excluding hydrogens is 562 g/mol. The molecule has 4 aromatic rings. The van der Waals surface area contributed by atoms with Gasteiger partial charge in [-0.1, -0.05) is 46.4 Å². The van der Waals surface area contributed by atoms with Crippen molar-refractivity contribution < 1.29 is 0 Å². The molecule has 0 aliphatic heterocycles. The van der Waals surface area contributed by atoms with E-state index >= 15 is 0 Å². The Kier molecular flexibility index (Phi) is 8.90. The van der Waals surface area contributed by atoms with Gasteiger partial charge in [-0.15, -0.1) is 10.2 Å². The Morgan fingerprint density at radius 3 is 1.11 bits per heavy atom. The van der Waals surface area contributed by atoms with Gasteiger partial charge in [0.05, 0.1) is 31.5 Å². The molecule has 0 aliphatic carbocycles. The van der Waals surface area contributed by atoms with Crippen LogP contribution in [0.5, 0.6) is 0 Å². The molecule has 0 amide bonds. The van der Waals surface area contributed by atoms with Crippen molar-refractivity contribution in [1.29, 1.82) is 0 Å². The van der Waals surface area contributed by atoms with Gasteiger partial charge in [0, 0.05) is 50.7 Å². The number of nitrogens with zero attached hydrogens (tertiary/aromatic N) is 6. The second-order valence-corrected chi connectivity index (χ2v) is 10.4. The van der Waals surface area contributed by atoms with Crippen LogP contribution >= 0.6 is 46.4 Å². The van der Waals surface area contributed by atoms with Crippen molar-refractivity contribution in [3.8, 4) is 11.1 Å². The van der Waals surface area contributed by atoms with E-state index in [1.807, 2.05) is 86.5 Å². The number of hydrogen-bond donors (Lipinski definition) is 0. The predicted molar refractivity (Wildman–Crippen MR) is 162 cm³/mol. The Balaban J connectivity index is 1.57. The molecule has 0 aromatic heterocycles. The average Bonchev–Trinajstić information content (AvgIpc) is 2.89. The van der Waals surface area contributed by atoms with Crippen molar-refractivity contribution >= 4 is 80.5 Å². The molecule has 0 fully saturated rings. The van der Waals surface area contributed by atoms with Crippen LogP contribution in [0.1, 0.15) is 0 Å². The van der Waals surface area contributed by atoms with Gasteiger partial charge in [-0.25, -0.2) is 0 Å². The topological polar surface area (TPSA) is 55.9 Å². The summed E-state index contributed by atoms with van der Waals surface area (Å²) in [4.78, 5) is 4.01. The zero-order chi connectivity index (χ0) is 27.4. The van der Waals surface area contributed by atoms with E-state index in [-0.39, 0.29) is 0 Å². The van der Waals surface area contributed by atoms with Crippen LogP contribution in [0.2, 0.25) is 20.1 Å². The first-order valence-corrected chi connectivity index (χ1v) is 13.0. The van der Waals surface area contributed by atoms with Gasteiger partial charge >= 0.3 is 0 Å². The number of anilines is 2. The van der Waals surface area contributed by atoms with Crippen LogP contribution < -0.4 is 9.80 Å². The van der Waals surface area contributed by atoms with Crippen molar-refractivity contribution in [1.82, 2.24) is 0 Å². The molecule has 0 heterocycles. The molecule has 0 aliphatic rings. The molecule has 0 saturated carbocycles. The molecule has 4 aromatic carbocycles. The number of halogens is 4. The Morgan fingerprint density at radius 1 is 0.447 bits per heavy atom. The second-order valence-electron chi connectivity index (χ2n) is 8.79. The lowest BCUT2D eigenvalue weighted by Crippen LogP contribution is -2.07. The van der Waals surface area contributed by atoms with E-state index in [1.54, 1.807) is 24.3 Å². The molecule has 0 radical (unpaired) electrons. The minimum absolute atomic E-state index is 0.371. The molecular formula is C28H24Cl4N6. The van der Waals surface area contributed by atoms with E-state index in [9.17, 15) is 0 Å². The molecule has 38 heavy (non-hydrogen) atoms. The summed E-state index contributed by atoms with van der Waals surface area (Å²) in [5.41, 5.74) is 5.61. The third kappa shape index (κ3) is 6.63. The molecule has 0 saturated heterocycles. The molecule has 0 atom stereocenters. The molecule has 0 spiro atoms. The Hall–Kier alpha value is -3.16. The lowest BCUT2D eigenvalue weighted by atomic mass is 10.0. The summed E-state index contributed by atoms with van der Waals surface area (Å²) in [7, 11) is 7.90. The lowest BCUT2D eigenvalue weighted by molar-refractivity contribution is 1.13. The monoisotopic (exact) mass is 584 g/mol. The Labute approximate surface area is 242 Å². The van der Waals surface area contributed by atoms with Crippen LogP contribution in [-0.4, -0.2) is 28.2 Å². The third-order valence-corrected chi connectivity index (χ3v) is 6.87. The molecule has 0 N–H and O–H groups in total. The van der Waals surface area contributed by atoms with Crippen molar-refractivity contribution in [2.75, 3.05) is 38.0 Å². The first kappa shape index (κ1) is 27.9. The summed E-state index contributed by atoms with van der Waals surface area (Å²) in [5, 5.41) is 18.6. The molecule has 6 nitrogen and oxygen atoms in total. The number of benzene rings is 4. The van der Waals surface area contributed by atoms with Gasteiger partial charge in [-0.05, 0) is 72.8 Å². The van der Waals surface area contributed by atoms with E-state index in [2.05, 4.69) is 20.5 Å². The highest BCUT2D eigenvalue weighted by molar-refractivity contribution is 6.40. The summed E-state index contributed by atoms with van der Waals surface area (Å²) in [6.07, 6.45) is 0. The summed E-state index contributed by atoms with van der Waals surface area (Å²) in [6, 6.07) is 22.0. The summed E-state index contributed by atoms with van der Waals surface area (Å²) >= 11 is 26.2.